The van der Waals surface area contributed by atoms with Gasteiger partial charge in [0.25, 0.3) is 0 Å². The second kappa shape index (κ2) is 10.1. The van der Waals surface area contributed by atoms with Crippen molar-refractivity contribution in [3.8, 4) is 0 Å². The van der Waals surface area contributed by atoms with Gasteiger partial charge in [-0.05, 0) is 92.7 Å². The van der Waals surface area contributed by atoms with Crippen molar-refractivity contribution in [2.75, 3.05) is 0 Å². The third kappa shape index (κ3) is 4.97. The molecule has 1 saturated heterocycles. The minimum Gasteiger partial charge on any atom is -0.423 e. The summed E-state index contributed by atoms with van der Waals surface area (Å²) in [7, 11) is -1.74. The van der Waals surface area contributed by atoms with Gasteiger partial charge in [0.2, 0.25) is 0 Å². The van der Waals surface area contributed by atoms with Gasteiger partial charge in [0.1, 0.15) is 0 Å². The number of rotatable bonds is 2. The fourth-order valence-electron chi connectivity index (χ4n) is 5.82. The van der Waals surface area contributed by atoms with Gasteiger partial charge in [-0.1, -0.05) is 112 Å². The molecule has 6 aromatic rings. The molecule has 0 spiro atoms. The van der Waals surface area contributed by atoms with Gasteiger partial charge in [-0.2, -0.15) is 0 Å². The highest BCUT2D eigenvalue weighted by molar-refractivity contribution is 6.65. The molecule has 2 N–H and O–H groups in total. The zero-order valence-corrected chi connectivity index (χ0v) is 25.5. The smallest absolute Gasteiger partial charge is 0.423 e. The first-order chi connectivity index (χ1) is 19.7. The standard InChI is InChI=1S/C26H29BO2.C10H9BO2/c1-24(2,3)19-14-17-9-8-16-11-13-21(27-28-25(4,5)26(6,7)29-27)20-12-10-18(15-19)22(17)23(16)20;12-11(13)10-6-5-8-3-1-2-4-9(8)7-10/h8-15H,1-7H3;1-7,12-13H. The van der Waals surface area contributed by atoms with Crippen molar-refractivity contribution in [2.45, 2.75) is 65.1 Å². The quantitative estimate of drug-likeness (QED) is 0.184. The van der Waals surface area contributed by atoms with Gasteiger partial charge in [0.15, 0.2) is 0 Å². The molecule has 1 fully saturated rings. The van der Waals surface area contributed by atoms with E-state index >= 15 is 0 Å². The van der Waals surface area contributed by atoms with Crippen LogP contribution in [0.4, 0.5) is 0 Å². The van der Waals surface area contributed by atoms with Gasteiger partial charge >= 0.3 is 14.2 Å². The third-order valence-electron chi connectivity index (χ3n) is 9.08. The predicted molar refractivity (Wildman–Crippen MR) is 178 cm³/mol. The Balaban J connectivity index is 0.000000203. The molecule has 0 saturated carbocycles. The van der Waals surface area contributed by atoms with Crippen LogP contribution in [0.25, 0.3) is 43.1 Å². The van der Waals surface area contributed by atoms with Gasteiger partial charge in [0, 0.05) is 0 Å². The van der Waals surface area contributed by atoms with E-state index in [0.29, 0.717) is 5.46 Å². The van der Waals surface area contributed by atoms with Crippen LogP contribution in [0.15, 0.2) is 91.0 Å². The molecule has 0 aliphatic carbocycles. The molecular weight excluding hydrogens is 518 g/mol. The summed E-state index contributed by atoms with van der Waals surface area (Å²) in [5, 5.41) is 27.7. The van der Waals surface area contributed by atoms with Gasteiger partial charge in [-0.3, -0.25) is 0 Å². The van der Waals surface area contributed by atoms with Crippen molar-refractivity contribution in [3.63, 3.8) is 0 Å². The van der Waals surface area contributed by atoms with E-state index in [1.165, 1.54) is 37.9 Å². The summed E-state index contributed by atoms with van der Waals surface area (Å²) in [5.41, 5.74) is 2.45. The second-order valence-electron chi connectivity index (χ2n) is 13.5. The summed E-state index contributed by atoms with van der Waals surface area (Å²) in [5.74, 6) is 0. The van der Waals surface area contributed by atoms with Crippen LogP contribution in [0.2, 0.25) is 0 Å². The molecule has 0 bridgehead atoms. The summed E-state index contributed by atoms with van der Waals surface area (Å²) in [6.45, 7) is 15.3. The first kappa shape index (κ1) is 28.7. The average Bonchev–Trinajstić information content (AvgIpc) is 3.16. The van der Waals surface area contributed by atoms with Crippen LogP contribution in [0.3, 0.4) is 0 Å². The van der Waals surface area contributed by atoms with Crippen molar-refractivity contribution in [1.29, 1.82) is 0 Å². The maximum atomic E-state index is 8.94. The SMILES string of the molecule is CC(C)(C)c1cc2ccc3ccc(B4OC(C)(C)C(C)(C)O4)c4ccc(c1)c2c34.OB(O)c1ccc2ccccc2c1. The van der Waals surface area contributed by atoms with E-state index in [1.807, 2.05) is 30.3 Å². The van der Waals surface area contributed by atoms with E-state index in [0.717, 1.165) is 16.2 Å². The molecule has 212 valence electrons. The van der Waals surface area contributed by atoms with Crippen LogP contribution < -0.4 is 10.9 Å². The third-order valence-corrected chi connectivity index (χ3v) is 9.08. The normalized spacial score (nSPS) is 16.4. The molecule has 0 aromatic heterocycles. The molecule has 1 aliphatic rings. The van der Waals surface area contributed by atoms with Crippen LogP contribution in [0, 0.1) is 0 Å². The summed E-state index contributed by atoms with van der Waals surface area (Å²) in [6, 6.07) is 31.3. The molecule has 0 radical (unpaired) electrons. The molecule has 1 heterocycles. The molecule has 0 amide bonds. The maximum Gasteiger partial charge on any atom is 0.495 e. The highest BCUT2D eigenvalue weighted by Crippen LogP contribution is 2.40. The zero-order valence-electron chi connectivity index (χ0n) is 25.5. The predicted octanol–water partition coefficient (Wildman–Crippen LogP) is 6.70. The Labute approximate surface area is 248 Å². The van der Waals surface area contributed by atoms with Gasteiger partial charge in [0.05, 0.1) is 11.2 Å². The minimum atomic E-state index is -1.38. The lowest BCUT2D eigenvalue weighted by Gasteiger charge is -2.32. The highest BCUT2D eigenvalue weighted by atomic mass is 16.7. The van der Waals surface area contributed by atoms with Gasteiger partial charge < -0.3 is 19.4 Å². The van der Waals surface area contributed by atoms with Crippen molar-refractivity contribution < 1.29 is 19.4 Å². The lowest BCUT2D eigenvalue weighted by Crippen LogP contribution is -2.41. The van der Waals surface area contributed by atoms with Crippen molar-refractivity contribution in [2.24, 2.45) is 0 Å². The fourth-order valence-corrected chi connectivity index (χ4v) is 5.82. The van der Waals surface area contributed by atoms with Crippen LogP contribution in [-0.2, 0) is 14.7 Å². The highest BCUT2D eigenvalue weighted by Gasteiger charge is 2.52. The monoisotopic (exact) mass is 556 g/mol. The van der Waals surface area contributed by atoms with E-state index in [-0.39, 0.29) is 23.7 Å². The van der Waals surface area contributed by atoms with Crippen LogP contribution in [0.5, 0.6) is 0 Å². The van der Waals surface area contributed by atoms with Crippen molar-refractivity contribution in [3.05, 3.63) is 96.6 Å². The van der Waals surface area contributed by atoms with E-state index in [2.05, 4.69) is 97.0 Å². The molecule has 0 unspecified atom stereocenters. The number of hydrogen-bond donors (Lipinski definition) is 2. The van der Waals surface area contributed by atoms with Crippen LogP contribution in [0.1, 0.15) is 54.0 Å². The molecular formula is C36H38B2O4. The summed E-state index contributed by atoms with van der Waals surface area (Å²) in [4.78, 5) is 0. The molecule has 42 heavy (non-hydrogen) atoms. The summed E-state index contributed by atoms with van der Waals surface area (Å²) < 4.78 is 12.8. The Morgan fingerprint density at radius 1 is 0.619 bits per heavy atom. The molecule has 6 heteroatoms. The maximum absolute atomic E-state index is 8.94. The minimum absolute atomic E-state index is 0.123. The van der Waals surface area contributed by atoms with Crippen molar-refractivity contribution in [1.82, 2.24) is 0 Å². The fraction of sp³-hybridized carbons (Fsp3) is 0.278. The second-order valence-corrected chi connectivity index (χ2v) is 13.5. The first-order valence-electron chi connectivity index (χ1n) is 14.7. The summed E-state index contributed by atoms with van der Waals surface area (Å²) >= 11 is 0. The lowest BCUT2D eigenvalue weighted by molar-refractivity contribution is 0.00578. The zero-order chi connectivity index (χ0) is 30.0. The largest absolute Gasteiger partial charge is 0.495 e. The Morgan fingerprint density at radius 2 is 1.17 bits per heavy atom. The van der Waals surface area contributed by atoms with Gasteiger partial charge in [-0.25, -0.2) is 0 Å². The van der Waals surface area contributed by atoms with Crippen LogP contribution >= 0.6 is 0 Å². The van der Waals surface area contributed by atoms with E-state index in [4.69, 9.17) is 19.4 Å². The summed E-state index contributed by atoms with van der Waals surface area (Å²) in [6.07, 6.45) is 0. The molecule has 6 aromatic carbocycles. The van der Waals surface area contributed by atoms with E-state index in [1.54, 1.807) is 12.1 Å². The lowest BCUT2D eigenvalue weighted by atomic mass is 9.74. The number of fused-ring (bicyclic) bond motifs is 1. The molecule has 4 nitrogen and oxygen atoms in total. The first-order valence-corrected chi connectivity index (χ1v) is 14.7. The number of hydrogen-bond acceptors (Lipinski definition) is 4. The van der Waals surface area contributed by atoms with Gasteiger partial charge in [-0.15, -0.1) is 0 Å². The van der Waals surface area contributed by atoms with Crippen molar-refractivity contribution >= 4 is 68.3 Å². The average molecular weight is 556 g/mol. The van der Waals surface area contributed by atoms with E-state index in [9.17, 15) is 0 Å². The van der Waals surface area contributed by atoms with Crippen LogP contribution in [-0.4, -0.2) is 35.5 Å². The Kier molecular flexibility index (Phi) is 6.90. The Hall–Kier alpha value is -3.41. The van der Waals surface area contributed by atoms with E-state index < -0.39 is 7.12 Å². The number of benzene rings is 6. The molecule has 7 rings (SSSR count). The molecule has 1 aliphatic heterocycles. The Bertz CT molecular complexity index is 1890. The topological polar surface area (TPSA) is 58.9 Å². The molecule has 0 atom stereocenters. The Morgan fingerprint density at radius 3 is 1.79 bits per heavy atom.